The van der Waals surface area contributed by atoms with E-state index in [-0.39, 0.29) is 11.9 Å². The van der Waals surface area contributed by atoms with Crippen LogP contribution in [0.15, 0.2) is 23.6 Å². The third-order valence-corrected chi connectivity index (χ3v) is 4.35. The van der Waals surface area contributed by atoms with Gasteiger partial charge in [0.15, 0.2) is 0 Å². The second kappa shape index (κ2) is 6.72. The highest BCUT2D eigenvalue weighted by atomic mass is 32.1. The number of benzene rings is 1. The molecular formula is C16H21N3OS. The van der Waals surface area contributed by atoms with Gasteiger partial charge in [0.1, 0.15) is 5.01 Å². The molecule has 2 rings (SSSR count). The lowest BCUT2D eigenvalue weighted by atomic mass is 10.1. The van der Waals surface area contributed by atoms with Crippen molar-refractivity contribution in [2.75, 3.05) is 11.9 Å². The van der Waals surface area contributed by atoms with Crippen molar-refractivity contribution >= 4 is 22.9 Å². The maximum Gasteiger partial charge on any atom is 0.252 e. The summed E-state index contributed by atoms with van der Waals surface area (Å²) in [6, 6.07) is 5.71. The number of carbonyl (C=O) groups excluding carboxylic acids is 1. The molecule has 0 aliphatic rings. The Morgan fingerprint density at radius 2 is 2.14 bits per heavy atom. The number of aryl methyl sites for hydroxylation is 2. The summed E-state index contributed by atoms with van der Waals surface area (Å²) in [5.74, 6) is -0.0594. The van der Waals surface area contributed by atoms with E-state index in [4.69, 9.17) is 0 Å². The van der Waals surface area contributed by atoms with Gasteiger partial charge in [-0.05, 0) is 51.5 Å². The first kappa shape index (κ1) is 15.5. The van der Waals surface area contributed by atoms with Gasteiger partial charge in [-0.3, -0.25) is 4.79 Å². The van der Waals surface area contributed by atoms with E-state index in [1.54, 1.807) is 11.3 Å². The number of nitrogens with zero attached hydrogens (tertiary/aromatic N) is 1. The summed E-state index contributed by atoms with van der Waals surface area (Å²) in [6.45, 7) is 8.78. The number of nitrogens with one attached hydrogen (secondary N) is 2. The van der Waals surface area contributed by atoms with Crippen molar-refractivity contribution < 1.29 is 4.79 Å². The van der Waals surface area contributed by atoms with Gasteiger partial charge in [-0.2, -0.15) is 0 Å². The molecule has 1 heterocycles. The molecule has 0 aliphatic heterocycles. The Bertz CT molecular complexity index is 636. The van der Waals surface area contributed by atoms with Crippen LogP contribution >= 0.6 is 11.3 Å². The number of amides is 1. The molecule has 1 atom stereocenters. The minimum atomic E-state index is -0.0796. The summed E-state index contributed by atoms with van der Waals surface area (Å²) in [5, 5.41) is 9.18. The molecule has 0 saturated carbocycles. The van der Waals surface area contributed by atoms with Crippen LogP contribution in [-0.4, -0.2) is 17.4 Å². The second-order valence-corrected chi connectivity index (χ2v) is 5.97. The lowest BCUT2D eigenvalue weighted by Gasteiger charge is -2.13. The Hall–Kier alpha value is -1.88. The van der Waals surface area contributed by atoms with Gasteiger partial charge in [0.25, 0.3) is 5.91 Å². The Labute approximate surface area is 129 Å². The standard InChI is InChI=1S/C16H21N3OS/c1-5-17-13-6-7-14(10(2)8-13)15(20)19-12(4)16-18-11(3)9-21-16/h6-9,12,17H,5H2,1-4H3,(H,19,20). The van der Waals surface area contributed by atoms with Crippen LogP contribution in [0.1, 0.15) is 46.5 Å². The molecule has 0 spiro atoms. The first-order valence-corrected chi connectivity index (χ1v) is 7.96. The molecule has 2 N–H and O–H groups in total. The van der Waals surface area contributed by atoms with Gasteiger partial charge in [-0.25, -0.2) is 4.98 Å². The minimum Gasteiger partial charge on any atom is -0.385 e. The summed E-state index contributed by atoms with van der Waals surface area (Å²) in [7, 11) is 0. The average molecular weight is 303 g/mol. The topological polar surface area (TPSA) is 54.0 Å². The Morgan fingerprint density at radius 1 is 1.38 bits per heavy atom. The lowest BCUT2D eigenvalue weighted by Crippen LogP contribution is -2.27. The fourth-order valence-electron chi connectivity index (χ4n) is 2.14. The smallest absolute Gasteiger partial charge is 0.252 e. The van der Waals surface area contributed by atoms with E-state index in [0.717, 1.165) is 28.5 Å². The quantitative estimate of drug-likeness (QED) is 0.886. The third kappa shape index (κ3) is 3.82. The summed E-state index contributed by atoms with van der Waals surface area (Å²) in [4.78, 5) is 16.8. The normalized spacial score (nSPS) is 12.0. The molecule has 4 nitrogen and oxygen atoms in total. The van der Waals surface area contributed by atoms with Crippen LogP contribution < -0.4 is 10.6 Å². The van der Waals surface area contributed by atoms with E-state index in [1.165, 1.54) is 0 Å². The lowest BCUT2D eigenvalue weighted by molar-refractivity contribution is 0.0939. The minimum absolute atomic E-state index is 0.0594. The second-order valence-electron chi connectivity index (χ2n) is 5.08. The zero-order valence-corrected chi connectivity index (χ0v) is 13.7. The summed E-state index contributed by atoms with van der Waals surface area (Å²) < 4.78 is 0. The zero-order chi connectivity index (χ0) is 15.4. The predicted molar refractivity (Wildman–Crippen MR) is 88.1 cm³/mol. The number of anilines is 1. The van der Waals surface area contributed by atoms with E-state index >= 15 is 0 Å². The highest BCUT2D eigenvalue weighted by Crippen LogP contribution is 2.19. The summed E-state index contributed by atoms with van der Waals surface area (Å²) >= 11 is 1.57. The first-order valence-electron chi connectivity index (χ1n) is 7.08. The van der Waals surface area contributed by atoms with Gasteiger partial charge in [0.2, 0.25) is 0 Å². The Morgan fingerprint density at radius 3 is 2.71 bits per heavy atom. The van der Waals surface area contributed by atoms with E-state index in [0.29, 0.717) is 5.56 Å². The van der Waals surface area contributed by atoms with Crippen molar-refractivity contribution in [3.05, 3.63) is 45.4 Å². The summed E-state index contributed by atoms with van der Waals surface area (Å²) in [6.07, 6.45) is 0. The van der Waals surface area contributed by atoms with Crippen molar-refractivity contribution in [3.63, 3.8) is 0 Å². The largest absolute Gasteiger partial charge is 0.385 e. The SMILES string of the molecule is CCNc1ccc(C(=O)NC(C)c2nc(C)cs2)c(C)c1. The van der Waals surface area contributed by atoms with Gasteiger partial charge < -0.3 is 10.6 Å². The van der Waals surface area contributed by atoms with Gasteiger partial charge in [0, 0.05) is 28.9 Å². The number of carbonyl (C=O) groups is 1. The number of thiazole rings is 1. The molecule has 1 aromatic carbocycles. The molecule has 1 unspecified atom stereocenters. The van der Waals surface area contributed by atoms with Gasteiger partial charge in [-0.15, -0.1) is 11.3 Å². The molecule has 21 heavy (non-hydrogen) atoms. The molecule has 1 aromatic heterocycles. The average Bonchev–Trinajstić information content (AvgIpc) is 2.86. The molecule has 0 saturated heterocycles. The number of aromatic nitrogens is 1. The molecule has 1 amide bonds. The maximum absolute atomic E-state index is 12.4. The number of hydrogen-bond donors (Lipinski definition) is 2. The highest BCUT2D eigenvalue weighted by molar-refractivity contribution is 7.09. The van der Waals surface area contributed by atoms with Crippen LogP contribution in [0.2, 0.25) is 0 Å². The van der Waals surface area contributed by atoms with Crippen LogP contribution in [0.5, 0.6) is 0 Å². The van der Waals surface area contributed by atoms with E-state index in [9.17, 15) is 4.79 Å². The summed E-state index contributed by atoms with van der Waals surface area (Å²) in [5.41, 5.74) is 3.70. The Kier molecular flexibility index (Phi) is 4.96. The van der Waals surface area contributed by atoms with E-state index in [2.05, 4.69) is 15.6 Å². The fourth-order valence-corrected chi connectivity index (χ4v) is 2.94. The molecular weight excluding hydrogens is 282 g/mol. The Balaban J connectivity index is 2.09. The van der Waals surface area contributed by atoms with E-state index in [1.807, 2.05) is 51.3 Å². The van der Waals surface area contributed by atoms with Crippen LogP contribution in [0, 0.1) is 13.8 Å². The first-order chi connectivity index (χ1) is 10.0. The van der Waals surface area contributed by atoms with Crippen LogP contribution in [0.3, 0.4) is 0 Å². The van der Waals surface area contributed by atoms with Crippen molar-refractivity contribution in [3.8, 4) is 0 Å². The fraction of sp³-hybridized carbons (Fsp3) is 0.375. The maximum atomic E-state index is 12.4. The number of hydrogen-bond acceptors (Lipinski definition) is 4. The molecule has 5 heteroatoms. The van der Waals surface area contributed by atoms with Crippen LogP contribution in [-0.2, 0) is 0 Å². The molecule has 2 aromatic rings. The third-order valence-electron chi connectivity index (χ3n) is 3.21. The van der Waals surface area contributed by atoms with Crippen molar-refractivity contribution in [1.82, 2.24) is 10.3 Å². The zero-order valence-electron chi connectivity index (χ0n) is 12.9. The van der Waals surface area contributed by atoms with Crippen LogP contribution in [0.4, 0.5) is 5.69 Å². The van der Waals surface area contributed by atoms with Gasteiger partial charge in [-0.1, -0.05) is 0 Å². The molecule has 0 bridgehead atoms. The molecule has 0 aliphatic carbocycles. The molecule has 112 valence electrons. The van der Waals surface area contributed by atoms with Gasteiger partial charge in [0.05, 0.1) is 6.04 Å². The highest BCUT2D eigenvalue weighted by Gasteiger charge is 2.15. The number of rotatable bonds is 5. The van der Waals surface area contributed by atoms with Crippen molar-refractivity contribution in [2.45, 2.75) is 33.7 Å². The van der Waals surface area contributed by atoms with Crippen molar-refractivity contribution in [2.24, 2.45) is 0 Å². The van der Waals surface area contributed by atoms with Crippen molar-refractivity contribution in [1.29, 1.82) is 0 Å². The van der Waals surface area contributed by atoms with Gasteiger partial charge >= 0.3 is 0 Å². The predicted octanol–water partition coefficient (Wildman–Crippen LogP) is 3.68. The molecule has 0 fully saturated rings. The van der Waals surface area contributed by atoms with Crippen LogP contribution in [0.25, 0.3) is 0 Å². The monoisotopic (exact) mass is 303 g/mol. The molecule has 0 radical (unpaired) electrons. The van der Waals surface area contributed by atoms with E-state index < -0.39 is 0 Å².